The average molecular weight is 290 g/mol. The van der Waals surface area contributed by atoms with Crippen molar-refractivity contribution >= 4 is 12.0 Å². The summed E-state index contributed by atoms with van der Waals surface area (Å²) < 4.78 is 45.6. The molecule has 0 spiro atoms. The van der Waals surface area contributed by atoms with Crippen molar-refractivity contribution in [3.05, 3.63) is 35.4 Å². The lowest BCUT2D eigenvalue weighted by Crippen LogP contribution is -2.16. The fourth-order valence-electron chi connectivity index (χ4n) is 1.46. The minimum Gasteiger partial charge on any atom is -0.496 e. The van der Waals surface area contributed by atoms with Gasteiger partial charge in [-0.25, -0.2) is 4.79 Å². The second-order valence-corrected chi connectivity index (χ2v) is 3.85. The Morgan fingerprint density at radius 1 is 1.40 bits per heavy atom. The Morgan fingerprint density at radius 2 is 2.10 bits per heavy atom. The van der Waals surface area contributed by atoms with Crippen LogP contribution in [-0.4, -0.2) is 31.0 Å². The zero-order valence-corrected chi connectivity index (χ0v) is 10.6. The molecule has 0 fully saturated rings. The molecule has 20 heavy (non-hydrogen) atoms. The van der Waals surface area contributed by atoms with Crippen molar-refractivity contribution in [3.63, 3.8) is 0 Å². The van der Waals surface area contributed by atoms with Crippen LogP contribution in [0.4, 0.5) is 13.2 Å². The van der Waals surface area contributed by atoms with Crippen LogP contribution in [0.2, 0.25) is 0 Å². The molecule has 0 aromatic heterocycles. The van der Waals surface area contributed by atoms with E-state index in [1.807, 2.05) is 0 Å². The van der Waals surface area contributed by atoms with E-state index >= 15 is 0 Å². The fourth-order valence-corrected chi connectivity index (χ4v) is 1.46. The molecule has 0 aliphatic carbocycles. The molecule has 0 unspecified atom stereocenters. The monoisotopic (exact) mass is 290 g/mol. The summed E-state index contributed by atoms with van der Waals surface area (Å²) in [6.07, 6.45) is -2.13. The van der Waals surface area contributed by atoms with Gasteiger partial charge in [0.15, 0.2) is 0 Å². The number of ether oxygens (including phenoxy) is 2. The molecule has 0 aliphatic rings. The first-order valence-corrected chi connectivity index (χ1v) is 5.54. The molecule has 7 heteroatoms. The van der Waals surface area contributed by atoms with Crippen molar-refractivity contribution in [1.82, 2.24) is 0 Å². The number of aliphatic carboxylic acids is 1. The number of carboxylic acid groups (broad SMARTS) is 1. The van der Waals surface area contributed by atoms with Gasteiger partial charge in [-0.3, -0.25) is 0 Å². The Morgan fingerprint density at radius 3 is 2.65 bits per heavy atom. The third-order valence-electron chi connectivity index (χ3n) is 2.25. The van der Waals surface area contributed by atoms with Crippen LogP contribution in [0.5, 0.6) is 5.75 Å². The Hall–Kier alpha value is -2.02. The van der Waals surface area contributed by atoms with E-state index in [9.17, 15) is 18.0 Å². The number of carboxylic acids is 1. The number of rotatable bonds is 6. The van der Waals surface area contributed by atoms with Gasteiger partial charge < -0.3 is 14.6 Å². The van der Waals surface area contributed by atoms with Gasteiger partial charge >= 0.3 is 12.1 Å². The molecule has 1 N–H and O–H groups in total. The maximum atomic E-state index is 12.0. The molecule has 110 valence electrons. The highest BCUT2D eigenvalue weighted by atomic mass is 19.4. The van der Waals surface area contributed by atoms with Gasteiger partial charge in [-0.2, -0.15) is 13.2 Å². The molecule has 1 aromatic rings. The van der Waals surface area contributed by atoms with Crippen LogP contribution < -0.4 is 4.74 Å². The highest BCUT2D eigenvalue weighted by Crippen LogP contribution is 2.23. The molecule has 0 radical (unpaired) electrons. The van der Waals surface area contributed by atoms with Gasteiger partial charge in [-0.1, -0.05) is 6.07 Å². The Labute approximate surface area is 113 Å². The number of benzene rings is 1. The predicted octanol–water partition coefficient (Wildman–Crippen LogP) is 2.87. The fraction of sp³-hybridized carbons (Fsp3) is 0.308. The van der Waals surface area contributed by atoms with E-state index in [4.69, 9.17) is 9.84 Å². The molecule has 0 heterocycles. The number of halogens is 3. The maximum absolute atomic E-state index is 12.0. The standard InChI is InChI=1S/C13H13F3O4/c1-19-11-4-2-9(3-5-12(17)18)6-10(11)7-20-8-13(14,15)16/h2-6H,7-8H2,1H3,(H,17,18)/b5-3+. The van der Waals surface area contributed by atoms with E-state index in [0.717, 1.165) is 6.08 Å². The van der Waals surface area contributed by atoms with Crippen molar-refractivity contribution < 1.29 is 32.5 Å². The van der Waals surface area contributed by atoms with E-state index in [2.05, 4.69) is 4.74 Å². The van der Waals surface area contributed by atoms with Crippen LogP contribution in [-0.2, 0) is 16.1 Å². The minimum atomic E-state index is -4.39. The van der Waals surface area contributed by atoms with Crippen LogP contribution in [0.1, 0.15) is 11.1 Å². The van der Waals surface area contributed by atoms with Gasteiger partial charge in [0, 0.05) is 11.6 Å². The van der Waals surface area contributed by atoms with Gasteiger partial charge in [-0.05, 0) is 23.8 Å². The normalized spacial score (nSPS) is 11.8. The maximum Gasteiger partial charge on any atom is 0.411 e. The van der Waals surface area contributed by atoms with Crippen LogP contribution >= 0.6 is 0 Å². The smallest absolute Gasteiger partial charge is 0.411 e. The lowest BCUT2D eigenvalue weighted by Gasteiger charge is -2.11. The molecule has 0 saturated heterocycles. The van der Waals surface area contributed by atoms with Crippen molar-refractivity contribution in [3.8, 4) is 5.75 Å². The molecule has 0 atom stereocenters. The first-order valence-electron chi connectivity index (χ1n) is 5.54. The zero-order valence-electron chi connectivity index (χ0n) is 10.6. The summed E-state index contributed by atoms with van der Waals surface area (Å²) >= 11 is 0. The number of hydrogen-bond donors (Lipinski definition) is 1. The van der Waals surface area contributed by atoms with E-state index in [1.54, 1.807) is 6.07 Å². The third-order valence-corrected chi connectivity index (χ3v) is 2.25. The van der Waals surface area contributed by atoms with E-state index in [-0.39, 0.29) is 6.61 Å². The van der Waals surface area contributed by atoms with Gasteiger partial charge in [-0.15, -0.1) is 0 Å². The highest BCUT2D eigenvalue weighted by molar-refractivity contribution is 5.85. The second kappa shape index (κ2) is 6.95. The van der Waals surface area contributed by atoms with Crippen molar-refractivity contribution in [1.29, 1.82) is 0 Å². The molecule has 1 rings (SSSR count). The third kappa shape index (κ3) is 5.75. The SMILES string of the molecule is COc1ccc(/C=C/C(=O)O)cc1COCC(F)(F)F. The molecule has 0 amide bonds. The lowest BCUT2D eigenvalue weighted by molar-refractivity contribution is -0.176. The van der Waals surface area contributed by atoms with Crippen molar-refractivity contribution in [2.45, 2.75) is 12.8 Å². The van der Waals surface area contributed by atoms with Gasteiger partial charge in [0.25, 0.3) is 0 Å². The van der Waals surface area contributed by atoms with Crippen LogP contribution in [0.15, 0.2) is 24.3 Å². The molecule has 1 aromatic carbocycles. The summed E-state index contributed by atoms with van der Waals surface area (Å²) in [5.41, 5.74) is 0.933. The molecule has 4 nitrogen and oxygen atoms in total. The quantitative estimate of drug-likeness (QED) is 0.818. The predicted molar refractivity (Wildman–Crippen MR) is 65.4 cm³/mol. The van der Waals surface area contributed by atoms with Crippen LogP contribution in [0.25, 0.3) is 6.08 Å². The summed E-state index contributed by atoms with van der Waals surface area (Å²) in [5, 5.41) is 8.51. The zero-order chi connectivity index (χ0) is 15.2. The Kier molecular flexibility index (Phi) is 5.57. The first-order chi connectivity index (χ1) is 9.31. The summed E-state index contributed by atoms with van der Waals surface area (Å²) in [4.78, 5) is 10.4. The highest BCUT2D eigenvalue weighted by Gasteiger charge is 2.27. The summed E-state index contributed by atoms with van der Waals surface area (Å²) in [7, 11) is 1.38. The molecular formula is C13H13F3O4. The second-order valence-electron chi connectivity index (χ2n) is 3.85. The van der Waals surface area contributed by atoms with Gasteiger partial charge in [0.2, 0.25) is 0 Å². The van der Waals surface area contributed by atoms with E-state index in [1.165, 1.54) is 25.3 Å². The lowest BCUT2D eigenvalue weighted by atomic mass is 10.1. The van der Waals surface area contributed by atoms with Crippen LogP contribution in [0, 0.1) is 0 Å². The van der Waals surface area contributed by atoms with Crippen LogP contribution in [0.3, 0.4) is 0 Å². The number of methoxy groups -OCH3 is 1. The molecular weight excluding hydrogens is 277 g/mol. The Bertz CT molecular complexity index is 495. The van der Waals surface area contributed by atoms with E-state index < -0.39 is 18.8 Å². The first kappa shape index (κ1) is 16.0. The molecule has 0 saturated carbocycles. The van der Waals surface area contributed by atoms with Crippen molar-refractivity contribution in [2.24, 2.45) is 0 Å². The molecule has 0 bridgehead atoms. The summed E-state index contributed by atoms with van der Waals surface area (Å²) in [6, 6.07) is 4.63. The average Bonchev–Trinajstić information content (AvgIpc) is 2.35. The number of alkyl halides is 3. The molecule has 0 aliphatic heterocycles. The largest absolute Gasteiger partial charge is 0.496 e. The van der Waals surface area contributed by atoms with Gasteiger partial charge in [0.1, 0.15) is 12.4 Å². The Balaban J connectivity index is 2.81. The van der Waals surface area contributed by atoms with E-state index in [0.29, 0.717) is 16.9 Å². The summed E-state index contributed by atoms with van der Waals surface area (Å²) in [6.45, 7) is -1.64. The summed E-state index contributed by atoms with van der Waals surface area (Å²) in [5.74, 6) is -0.740. The topological polar surface area (TPSA) is 55.8 Å². The number of hydrogen-bond acceptors (Lipinski definition) is 3. The van der Waals surface area contributed by atoms with Gasteiger partial charge in [0.05, 0.1) is 13.7 Å². The number of carbonyl (C=O) groups is 1. The minimum absolute atomic E-state index is 0.280. The van der Waals surface area contributed by atoms with Crippen molar-refractivity contribution in [2.75, 3.05) is 13.7 Å².